The summed E-state index contributed by atoms with van der Waals surface area (Å²) in [4.78, 5) is 23.8. The molecule has 2 amide bonds. The van der Waals surface area contributed by atoms with E-state index in [1.54, 1.807) is 0 Å². The first-order valence-corrected chi connectivity index (χ1v) is 8.48. The van der Waals surface area contributed by atoms with E-state index < -0.39 is 6.04 Å². The zero-order valence-corrected chi connectivity index (χ0v) is 15.6. The number of carbonyl (C=O) groups excluding carboxylic acids is 2. The zero-order chi connectivity index (χ0) is 17.5. The Kier molecular flexibility index (Phi) is 8.89. The standard InChI is InChI=1S/C18H27N3O3.ClH/c1-12(2)17(22)21-15-5-3-13(4-6-15)11-20-18(23)16(19)14-7-9-24-10-8-14;/h3-6,12,14,16H,7-11,19H2,1-2H3,(H,20,23)(H,21,22);1H. The number of hydrogen-bond donors (Lipinski definition) is 3. The van der Waals surface area contributed by atoms with Gasteiger partial charge in [-0.25, -0.2) is 0 Å². The van der Waals surface area contributed by atoms with Gasteiger partial charge in [0.2, 0.25) is 11.8 Å². The van der Waals surface area contributed by atoms with Gasteiger partial charge in [0.25, 0.3) is 0 Å². The minimum atomic E-state index is -0.487. The molecule has 1 unspecified atom stereocenters. The lowest BCUT2D eigenvalue weighted by Crippen LogP contribution is -2.46. The second-order valence-corrected chi connectivity index (χ2v) is 6.53. The number of halogens is 1. The van der Waals surface area contributed by atoms with E-state index in [1.165, 1.54) is 0 Å². The lowest BCUT2D eigenvalue weighted by Gasteiger charge is -2.26. The van der Waals surface area contributed by atoms with Gasteiger partial charge < -0.3 is 21.1 Å². The number of hydrogen-bond acceptors (Lipinski definition) is 4. The summed E-state index contributed by atoms with van der Waals surface area (Å²) >= 11 is 0. The summed E-state index contributed by atoms with van der Waals surface area (Å²) in [5, 5.41) is 5.72. The summed E-state index contributed by atoms with van der Waals surface area (Å²) in [5.41, 5.74) is 7.76. The summed E-state index contributed by atoms with van der Waals surface area (Å²) < 4.78 is 5.30. The Balaban J connectivity index is 0.00000312. The molecule has 1 aromatic rings. The molecule has 0 radical (unpaired) electrons. The van der Waals surface area contributed by atoms with Crippen LogP contribution in [0.3, 0.4) is 0 Å². The molecular weight excluding hydrogens is 342 g/mol. The van der Waals surface area contributed by atoms with Gasteiger partial charge in [-0.1, -0.05) is 26.0 Å². The van der Waals surface area contributed by atoms with Crippen LogP contribution in [0.1, 0.15) is 32.3 Å². The predicted molar refractivity (Wildman–Crippen MR) is 101 cm³/mol. The van der Waals surface area contributed by atoms with Crippen molar-refractivity contribution in [3.8, 4) is 0 Å². The average molecular weight is 370 g/mol. The van der Waals surface area contributed by atoms with Crippen LogP contribution < -0.4 is 16.4 Å². The van der Waals surface area contributed by atoms with Gasteiger partial charge in [-0.05, 0) is 36.5 Å². The van der Waals surface area contributed by atoms with Gasteiger partial charge in [-0.3, -0.25) is 9.59 Å². The molecule has 25 heavy (non-hydrogen) atoms. The smallest absolute Gasteiger partial charge is 0.237 e. The molecule has 1 fully saturated rings. The Bertz CT molecular complexity index is 557. The highest BCUT2D eigenvalue weighted by atomic mass is 35.5. The Hall–Kier alpha value is -1.63. The van der Waals surface area contributed by atoms with E-state index in [0.717, 1.165) is 24.1 Å². The van der Waals surface area contributed by atoms with E-state index in [4.69, 9.17) is 10.5 Å². The van der Waals surface area contributed by atoms with Crippen molar-refractivity contribution < 1.29 is 14.3 Å². The molecule has 1 saturated heterocycles. The summed E-state index contributed by atoms with van der Waals surface area (Å²) in [5.74, 6) is -0.0133. The Labute approximate surface area is 155 Å². The highest BCUT2D eigenvalue weighted by molar-refractivity contribution is 5.92. The molecule has 7 heteroatoms. The topological polar surface area (TPSA) is 93.5 Å². The second kappa shape index (κ2) is 10.4. The molecular formula is C18H28ClN3O3. The quantitative estimate of drug-likeness (QED) is 0.715. The zero-order valence-electron chi connectivity index (χ0n) is 14.8. The number of nitrogens with two attached hydrogens (primary N) is 1. The van der Waals surface area contributed by atoms with Gasteiger partial charge in [0, 0.05) is 31.4 Å². The molecule has 140 valence electrons. The van der Waals surface area contributed by atoms with Crippen LogP contribution in [-0.4, -0.2) is 31.1 Å². The third-order valence-corrected chi connectivity index (χ3v) is 4.29. The monoisotopic (exact) mass is 369 g/mol. The minimum absolute atomic E-state index is 0. The highest BCUT2D eigenvalue weighted by Crippen LogP contribution is 2.18. The summed E-state index contributed by atoms with van der Waals surface area (Å²) in [6.07, 6.45) is 1.66. The Morgan fingerprint density at radius 1 is 1.16 bits per heavy atom. The summed E-state index contributed by atoms with van der Waals surface area (Å²) in [7, 11) is 0. The number of nitrogens with one attached hydrogen (secondary N) is 2. The molecule has 4 N–H and O–H groups in total. The lowest BCUT2D eigenvalue weighted by atomic mass is 9.92. The number of carbonyl (C=O) groups is 2. The van der Waals surface area contributed by atoms with Gasteiger partial charge in [0.15, 0.2) is 0 Å². The number of amides is 2. The average Bonchev–Trinajstić information content (AvgIpc) is 2.60. The van der Waals surface area contributed by atoms with Crippen molar-refractivity contribution >= 4 is 29.9 Å². The molecule has 0 aliphatic carbocycles. The van der Waals surface area contributed by atoms with E-state index in [0.29, 0.717) is 19.8 Å². The maximum Gasteiger partial charge on any atom is 0.237 e. The first-order valence-electron chi connectivity index (χ1n) is 8.48. The van der Waals surface area contributed by atoms with Gasteiger partial charge in [-0.15, -0.1) is 12.4 Å². The number of anilines is 1. The van der Waals surface area contributed by atoms with Crippen molar-refractivity contribution in [2.24, 2.45) is 17.6 Å². The normalized spacial score (nSPS) is 16.0. The molecule has 0 saturated carbocycles. The van der Waals surface area contributed by atoms with Crippen LogP contribution in [0, 0.1) is 11.8 Å². The molecule has 1 heterocycles. The molecule has 0 spiro atoms. The molecule has 0 aromatic heterocycles. The van der Waals surface area contributed by atoms with Gasteiger partial charge in [-0.2, -0.15) is 0 Å². The fourth-order valence-electron chi connectivity index (χ4n) is 2.59. The second-order valence-electron chi connectivity index (χ2n) is 6.53. The predicted octanol–water partition coefficient (Wildman–Crippen LogP) is 2.07. The first kappa shape index (κ1) is 21.4. The number of benzene rings is 1. The van der Waals surface area contributed by atoms with Crippen LogP contribution in [0.5, 0.6) is 0 Å². The maximum atomic E-state index is 12.2. The van der Waals surface area contributed by atoms with Crippen LogP contribution in [0.4, 0.5) is 5.69 Å². The molecule has 6 nitrogen and oxygen atoms in total. The summed E-state index contributed by atoms with van der Waals surface area (Å²) in [6.45, 7) is 5.47. The van der Waals surface area contributed by atoms with E-state index in [9.17, 15) is 9.59 Å². The van der Waals surface area contributed by atoms with Gasteiger partial charge in [0.05, 0.1) is 6.04 Å². The number of ether oxygens (including phenoxy) is 1. The van der Waals surface area contributed by atoms with Crippen molar-refractivity contribution in [1.29, 1.82) is 0 Å². The van der Waals surface area contributed by atoms with E-state index in [-0.39, 0.29) is 36.1 Å². The minimum Gasteiger partial charge on any atom is -0.381 e. The Morgan fingerprint density at radius 2 is 1.76 bits per heavy atom. The molecule has 0 bridgehead atoms. The van der Waals surface area contributed by atoms with E-state index >= 15 is 0 Å². The highest BCUT2D eigenvalue weighted by Gasteiger charge is 2.26. The molecule has 2 rings (SSSR count). The molecule has 1 aliphatic heterocycles. The third-order valence-electron chi connectivity index (χ3n) is 4.29. The van der Waals surface area contributed by atoms with Crippen molar-refractivity contribution in [2.45, 2.75) is 39.3 Å². The van der Waals surface area contributed by atoms with Crippen molar-refractivity contribution in [3.05, 3.63) is 29.8 Å². The maximum absolute atomic E-state index is 12.2. The van der Waals surface area contributed by atoms with Crippen molar-refractivity contribution in [2.75, 3.05) is 18.5 Å². The lowest BCUT2D eigenvalue weighted by molar-refractivity contribution is -0.124. The fraction of sp³-hybridized carbons (Fsp3) is 0.556. The SMILES string of the molecule is CC(C)C(=O)Nc1ccc(CNC(=O)C(N)C2CCOCC2)cc1.Cl. The van der Waals surface area contributed by atoms with Gasteiger partial charge in [0.1, 0.15) is 0 Å². The molecule has 1 aromatic carbocycles. The summed E-state index contributed by atoms with van der Waals surface area (Å²) in [6, 6.07) is 6.95. The van der Waals surface area contributed by atoms with Crippen molar-refractivity contribution in [3.63, 3.8) is 0 Å². The molecule has 1 atom stereocenters. The van der Waals surface area contributed by atoms with Crippen LogP contribution in [-0.2, 0) is 20.9 Å². The number of rotatable bonds is 6. The fourth-order valence-corrected chi connectivity index (χ4v) is 2.59. The molecule has 1 aliphatic rings. The van der Waals surface area contributed by atoms with Crippen LogP contribution in [0.25, 0.3) is 0 Å². The largest absolute Gasteiger partial charge is 0.381 e. The van der Waals surface area contributed by atoms with Crippen LogP contribution in [0.15, 0.2) is 24.3 Å². The van der Waals surface area contributed by atoms with Crippen LogP contribution in [0.2, 0.25) is 0 Å². The van der Waals surface area contributed by atoms with Gasteiger partial charge >= 0.3 is 0 Å². The van der Waals surface area contributed by atoms with Crippen LogP contribution >= 0.6 is 12.4 Å². The Morgan fingerprint density at radius 3 is 2.32 bits per heavy atom. The van der Waals surface area contributed by atoms with E-state index in [2.05, 4.69) is 10.6 Å². The van der Waals surface area contributed by atoms with E-state index in [1.807, 2.05) is 38.1 Å². The van der Waals surface area contributed by atoms with Crippen molar-refractivity contribution in [1.82, 2.24) is 5.32 Å². The third kappa shape index (κ3) is 6.65. The first-order chi connectivity index (χ1) is 11.5.